The highest BCUT2D eigenvalue weighted by Crippen LogP contribution is 2.44. The van der Waals surface area contributed by atoms with Crippen LogP contribution in [-0.4, -0.2) is 41.3 Å². The van der Waals surface area contributed by atoms with Crippen molar-refractivity contribution in [2.45, 2.75) is 75.8 Å². The van der Waals surface area contributed by atoms with E-state index < -0.39 is 23.6 Å². The summed E-state index contributed by atoms with van der Waals surface area (Å²) in [4.78, 5) is 36.7. The van der Waals surface area contributed by atoms with Crippen LogP contribution < -0.4 is 10.6 Å². The molecule has 0 saturated heterocycles. The number of hydrogen-bond donors (Lipinski definition) is 3. The van der Waals surface area contributed by atoms with Crippen LogP contribution in [0.25, 0.3) is 11.1 Å². The Labute approximate surface area is 206 Å². The van der Waals surface area contributed by atoms with Crippen LogP contribution in [0.1, 0.15) is 75.3 Å². The molecule has 1 saturated carbocycles. The van der Waals surface area contributed by atoms with Crippen molar-refractivity contribution >= 4 is 18.0 Å². The quantitative estimate of drug-likeness (QED) is 0.422. The number of alkyl carbamates (subject to hydrolysis) is 1. The minimum atomic E-state index is -0.929. The van der Waals surface area contributed by atoms with Crippen molar-refractivity contribution in [3.05, 3.63) is 59.7 Å². The van der Waals surface area contributed by atoms with Crippen LogP contribution in [0, 0.1) is 0 Å². The van der Waals surface area contributed by atoms with E-state index >= 15 is 0 Å². The molecule has 35 heavy (non-hydrogen) atoms. The second-order valence-corrected chi connectivity index (χ2v) is 9.77. The topological polar surface area (TPSA) is 105 Å². The van der Waals surface area contributed by atoms with E-state index in [9.17, 15) is 14.4 Å². The van der Waals surface area contributed by atoms with Crippen molar-refractivity contribution in [2.75, 3.05) is 6.61 Å². The highest BCUT2D eigenvalue weighted by molar-refractivity contribution is 5.81. The lowest BCUT2D eigenvalue weighted by molar-refractivity contribution is -0.137. The van der Waals surface area contributed by atoms with Gasteiger partial charge in [0.15, 0.2) is 0 Å². The summed E-state index contributed by atoms with van der Waals surface area (Å²) in [6, 6.07) is 16.0. The van der Waals surface area contributed by atoms with Crippen LogP contribution in [0.2, 0.25) is 0 Å². The number of carbonyl (C=O) groups excluding carboxylic acids is 2. The van der Waals surface area contributed by atoms with Gasteiger partial charge in [0, 0.05) is 18.4 Å². The molecular formula is C28H34N2O5. The molecule has 1 fully saturated rings. The third-order valence-corrected chi connectivity index (χ3v) is 7.21. The third kappa shape index (κ3) is 5.84. The number of amides is 2. The number of carbonyl (C=O) groups is 3. The van der Waals surface area contributed by atoms with Crippen molar-refractivity contribution in [3.63, 3.8) is 0 Å². The maximum atomic E-state index is 12.8. The molecule has 2 aromatic carbocycles. The number of hydrogen-bond acceptors (Lipinski definition) is 4. The summed E-state index contributed by atoms with van der Waals surface area (Å²) < 4.78 is 5.68. The minimum absolute atomic E-state index is 0.0240. The SMILES string of the molecule is CCCC[C@H](CC(=O)O)NC(=O)CC1(NC(=O)OCC2c3ccccc3-c3ccccc32)CCC1. The van der Waals surface area contributed by atoms with Gasteiger partial charge in [0.05, 0.1) is 12.0 Å². The van der Waals surface area contributed by atoms with Gasteiger partial charge in [-0.3, -0.25) is 9.59 Å². The molecule has 2 amide bonds. The summed E-state index contributed by atoms with van der Waals surface area (Å²) in [5.74, 6) is -1.18. The molecule has 0 heterocycles. The van der Waals surface area contributed by atoms with Gasteiger partial charge >= 0.3 is 12.1 Å². The molecule has 0 aromatic heterocycles. The van der Waals surface area contributed by atoms with Crippen molar-refractivity contribution in [3.8, 4) is 11.1 Å². The van der Waals surface area contributed by atoms with E-state index in [0.29, 0.717) is 19.3 Å². The molecule has 1 atom stereocenters. The number of ether oxygens (including phenoxy) is 1. The predicted molar refractivity (Wildman–Crippen MR) is 133 cm³/mol. The van der Waals surface area contributed by atoms with Crippen molar-refractivity contribution in [1.82, 2.24) is 10.6 Å². The van der Waals surface area contributed by atoms with Crippen molar-refractivity contribution in [1.29, 1.82) is 0 Å². The fourth-order valence-electron chi connectivity index (χ4n) is 5.27. The lowest BCUT2D eigenvalue weighted by atomic mass is 9.74. The second-order valence-electron chi connectivity index (χ2n) is 9.77. The maximum absolute atomic E-state index is 12.8. The predicted octanol–water partition coefficient (Wildman–Crippen LogP) is 4.99. The summed E-state index contributed by atoms with van der Waals surface area (Å²) >= 11 is 0. The molecule has 4 rings (SSSR count). The van der Waals surface area contributed by atoms with Gasteiger partial charge in [-0.15, -0.1) is 0 Å². The van der Waals surface area contributed by atoms with Crippen molar-refractivity contribution in [2.24, 2.45) is 0 Å². The number of carboxylic acid groups (broad SMARTS) is 1. The number of benzene rings is 2. The zero-order chi connectivity index (χ0) is 24.8. The highest BCUT2D eigenvalue weighted by atomic mass is 16.5. The smallest absolute Gasteiger partial charge is 0.407 e. The summed E-state index contributed by atoms with van der Waals surface area (Å²) in [5.41, 5.74) is 4.00. The molecule has 0 radical (unpaired) electrons. The molecule has 7 heteroatoms. The lowest BCUT2D eigenvalue weighted by Gasteiger charge is -2.41. The van der Waals surface area contributed by atoms with Crippen LogP contribution >= 0.6 is 0 Å². The van der Waals surface area contributed by atoms with E-state index in [1.165, 1.54) is 11.1 Å². The van der Waals surface area contributed by atoms with Crippen molar-refractivity contribution < 1.29 is 24.2 Å². The molecular weight excluding hydrogens is 444 g/mol. The Bertz CT molecular complexity index is 1030. The van der Waals surface area contributed by atoms with E-state index in [4.69, 9.17) is 9.84 Å². The molecule has 2 aliphatic carbocycles. The van der Waals surface area contributed by atoms with Gasteiger partial charge in [-0.1, -0.05) is 68.3 Å². The fourth-order valence-corrected chi connectivity index (χ4v) is 5.27. The van der Waals surface area contributed by atoms with Crippen LogP contribution in [-0.2, 0) is 14.3 Å². The normalized spacial score (nSPS) is 16.4. The summed E-state index contributed by atoms with van der Waals surface area (Å²) in [5, 5.41) is 15.0. The second kappa shape index (κ2) is 10.9. The maximum Gasteiger partial charge on any atom is 0.407 e. The summed E-state index contributed by atoms with van der Waals surface area (Å²) in [6.07, 6.45) is 4.23. The van der Waals surface area contributed by atoms with Gasteiger partial charge in [-0.2, -0.15) is 0 Å². The van der Waals surface area contributed by atoms with E-state index in [1.807, 2.05) is 31.2 Å². The molecule has 0 unspecified atom stereocenters. The average Bonchev–Trinajstić information content (AvgIpc) is 3.13. The molecule has 186 valence electrons. The molecule has 0 bridgehead atoms. The Hall–Kier alpha value is -3.35. The zero-order valence-electron chi connectivity index (χ0n) is 20.2. The minimum Gasteiger partial charge on any atom is -0.481 e. The van der Waals surface area contributed by atoms with E-state index in [2.05, 4.69) is 34.9 Å². The standard InChI is InChI=1S/C28H34N2O5/c1-2-3-9-19(16-26(32)33)29-25(31)17-28(14-8-15-28)30-27(34)35-18-24-22-12-6-4-10-20(22)21-11-5-7-13-23(21)24/h4-7,10-13,19,24H,2-3,8-9,14-18H2,1H3,(H,29,31)(H,30,34)(H,32,33)/t19-/m1/s1. The van der Waals surface area contributed by atoms with Gasteiger partial charge in [0.25, 0.3) is 0 Å². The van der Waals surface area contributed by atoms with E-state index in [0.717, 1.165) is 30.4 Å². The van der Waals surface area contributed by atoms with Gasteiger partial charge in [-0.05, 0) is 47.9 Å². The number of fused-ring (bicyclic) bond motifs is 3. The van der Waals surface area contributed by atoms with Crippen LogP contribution in [0.15, 0.2) is 48.5 Å². The number of rotatable bonds is 11. The first-order valence-corrected chi connectivity index (χ1v) is 12.5. The molecule has 3 N–H and O–H groups in total. The first-order chi connectivity index (χ1) is 16.9. The average molecular weight is 479 g/mol. The number of aliphatic carboxylic acids is 1. The Kier molecular flexibility index (Phi) is 7.73. The Morgan fingerprint density at radius 3 is 2.23 bits per heavy atom. The molecule has 2 aromatic rings. The molecule has 2 aliphatic rings. The Balaban J connectivity index is 1.34. The number of nitrogens with one attached hydrogen (secondary N) is 2. The first kappa shape index (κ1) is 24.8. The van der Waals surface area contributed by atoms with E-state index in [1.54, 1.807) is 0 Å². The van der Waals surface area contributed by atoms with Gasteiger partial charge in [-0.25, -0.2) is 4.79 Å². The van der Waals surface area contributed by atoms with Gasteiger partial charge in [0.2, 0.25) is 5.91 Å². The molecule has 7 nitrogen and oxygen atoms in total. The Morgan fingerprint density at radius 1 is 1.06 bits per heavy atom. The number of carboxylic acids is 1. The zero-order valence-corrected chi connectivity index (χ0v) is 20.2. The summed E-state index contributed by atoms with van der Waals surface area (Å²) in [7, 11) is 0. The van der Waals surface area contributed by atoms with Crippen LogP contribution in [0.5, 0.6) is 0 Å². The summed E-state index contributed by atoms with van der Waals surface area (Å²) in [6.45, 7) is 2.25. The van der Waals surface area contributed by atoms with E-state index in [-0.39, 0.29) is 31.3 Å². The Morgan fingerprint density at radius 2 is 1.69 bits per heavy atom. The highest BCUT2D eigenvalue weighted by Gasteiger charge is 2.41. The van der Waals surface area contributed by atoms with Gasteiger partial charge in [0.1, 0.15) is 6.61 Å². The molecule has 0 spiro atoms. The van der Waals surface area contributed by atoms with Crippen LogP contribution in [0.4, 0.5) is 4.79 Å². The van der Waals surface area contributed by atoms with Crippen LogP contribution in [0.3, 0.4) is 0 Å². The largest absolute Gasteiger partial charge is 0.481 e. The fraction of sp³-hybridized carbons (Fsp3) is 0.464. The molecule has 0 aliphatic heterocycles. The van der Waals surface area contributed by atoms with Gasteiger partial charge < -0.3 is 20.5 Å². The first-order valence-electron chi connectivity index (χ1n) is 12.5. The number of unbranched alkanes of at least 4 members (excludes halogenated alkanes) is 1. The third-order valence-electron chi connectivity index (χ3n) is 7.21. The monoisotopic (exact) mass is 478 g/mol. The lowest BCUT2D eigenvalue weighted by Crippen LogP contribution is -2.56.